The van der Waals surface area contributed by atoms with E-state index in [0.717, 1.165) is 0 Å². The first-order valence-electron chi connectivity index (χ1n) is 2.05. The van der Waals surface area contributed by atoms with E-state index >= 15 is 0 Å². The van der Waals surface area contributed by atoms with Gasteiger partial charge >= 0.3 is 16.6 Å². The number of hydrogen-bond donors (Lipinski definition) is 1. The molecule has 0 spiro atoms. The van der Waals surface area contributed by atoms with Gasteiger partial charge in [0.05, 0.1) is 0 Å². The summed E-state index contributed by atoms with van der Waals surface area (Å²) in [5.74, 6) is -5.54. The maximum Gasteiger partial charge on any atom is 0.423 e. The minimum Gasteiger partial charge on any atom is -0.331 e. The summed E-state index contributed by atoms with van der Waals surface area (Å²) in [5.41, 5.74) is 0. The van der Waals surface area contributed by atoms with E-state index in [-0.39, 0.29) is 0 Å². The molecule has 0 aromatic rings. The average Bonchev–Trinajstić information content (AvgIpc) is 1.58. The number of halogens is 7. The van der Waals surface area contributed by atoms with E-state index in [1.54, 1.807) is 0 Å². The van der Waals surface area contributed by atoms with Crippen LogP contribution in [0.3, 0.4) is 0 Å². The monoisotopic (exact) mass is 218 g/mol. The Hall–Kier alpha value is 0.190. The molecule has 0 rings (SSSR count). The van der Waals surface area contributed by atoms with Gasteiger partial charge in [-0.25, -0.2) is 4.39 Å². The SMILES string of the molecule is OC(F)(F)C(F)(F)C(F)(Cl)Cl. The number of hydrogen-bond acceptors (Lipinski definition) is 1. The average molecular weight is 219 g/mol. The van der Waals surface area contributed by atoms with E-state index in [9.17, 15) is 22.0 Å². The second-order valence-electron chi connectivity index (χ2n) is 1.61. The van der Waals surface area contributed by atoms with Crippen LogP contribution in [-0.4, -0.2) is 21.7 Å². The van der Waals surface area contributed by atoms with Crippen LogP contribution in [0.15, 0.2) is 0 Å². The highest BCUT2D eigenvalue weighted by Crippen LogP contribution is 2.47. The lowest BCUT2D eigenvalue weighted by atomic mass is 10.3. The fourth-order valence-electron chi connectivity index (χ4n) is 0.171. The Balaban J connectivity index is 4.75. The summed E-state index contributed by atoms with van der Waals surface area (Å²) in [6, 6.07) is 0. The predicted octanol–water partition coefficient (Wildman–Crippen LogP) is 2.31. The largest absolute Gasteiger partial charge is 0.423 e. The molecular weight excluding hydrogens is 218 g/mol. The highest BCUT2D eigenvalue weighted by molar-refractivity contribution is 6.47. The molecule has 0 aliphatic heterocycles. The van der Waals surface area contributed by atoms with Crippen LogP contribution >= 0.6 is 23.2 Å². The predicted molar refractivity (Wildman–Crippen MR) is 27.7 cm³/mol. The third kappa shape index (κ3) is 2.07. The Morgan fingerprint density at radius 2 is 1.18 bits per heavy atom. The van der Waals surface area contributed by atoms with Crippen LogP contribution in [-0.2, 0) is 0 Å². The van der Waals surface area contributed by atoms with Crippen molar-refractivity contribution in [2.75, 3.05) is 0 Å². The third-order valence-corrected chi connectivity index (χ3v) is 1.21. The van der Waals surface area contributed by atoms with Crippen molar-refractivity contribution in [3.05, 3.63) is 0 Å². The van der Waals surface area contributed by atoms with Crippen LogP contribution in [0.4, 0.5) is 22.0 Å². The molecule has 8 heteroatoms. The van der Waals surface area contributed by atoms with Crippen LogP contribution in [0.1, 0.15) is 0 Å². The fraction of sp³-hybridized carbons (Fsp3) is 1.00. The molecular formula is C3HCl2F5O. The summed E-state index contributed by atoms with van der Waals surface area (Å²) in [5, 5.41) is 7.39. The van der Waals surface area contributed by atoms with Crippen molar-refractivity contribution in [2.24, 2.45) is 0 Å². The van der Waals surface area contributed by atoms with Crippen molar-refractivity contribution in [1.82, 2.24) is 0 Å². The van der Waals surface area contributed by atoms with Gasteiger partial charge in [-0.3, -0.25) is 0 Å². The Bertz CT molecular complexity index is 131. The van der Waals surface area contributed by atoms with Crippen LogP contribution in [0.25, 0.3) is 0 Å². The van der Waals surface area contributed by atoms with Crippen LogP contribution in [0.5, 0.6) is 0 Å². The highest BCUT2D eigenvalue weighted by atomic mass is 35.5. The quantitative estimate of drug-likeness (QED) is 0.558. The lowest BCUT2D eigenvalue weighted by Gasteiger charge is -2.25. The Morgan fingerprint density at radius 1 is 0.909 bits per heavy atom. The molecule has 1 N–H and O–H groups in total. The van der Waals surface area contributed by atoms with Crippen molar-refractivity contribution in [3.8, 4) is 0 Å². The van der Waals surface area contributed by atoms with Crippen molar-refractivity contribution < 1.29 is 27.1 Å². The molecule has 0 aliphatic carbocycles. The molecule has 0 saturated heterocycles. The molecule has 0 unspecified atom stereocenters. The molecule has 0 atom stereocenters. The molecule has 0 aromatic carbocycles. The molecule has 0 radical (unpaired) electrons. The van der Waals surface area contributed by atoms with Gasteiger partial charge in [0.25, 0.3) is 0 Å². The molecule has 0 amide bonds. The Kier molecular flexibility index (Phi) is 2.65. The summed E-state index contributed by atoms with van der Waals surface area (Å²) >= 11 is 8.04. The fourth-order valence-corrected chi connectivity index (χ4v) is 0.398. The van der Waals surface area contributed by atoms with Gasteiger partial charge in [0, 0.05) is 0 Å². The molecule has 0 heterocycles. The first kappa shape index (κ1) is 11.2. The second kappa shape index (κ2) is 2.60. The normalized spacial score (nSPS) is 15.3. The first-order valence-corrected chi connectivity index (χ1v) is 2.80. The van der Waals surface area contributed by atoms with Gasteiger partial charge in [-0.2, -0.15) is 17.6 Å². The zero-order valence-corrected chi connectivity index (χ0v) is 6.10. The summed E-state index contributed by atoms with van der Waals surface area (Å²) in [6.45, 7) is 0. The Morgan fingerprint density at radius 3 is 1.18 bits per heavy atom. The van der Waals surface area contributed by atoms with Gasteiger partial charge in [-0.05, 0) is 0 Å². The van der Waals surface area contributed by atoms with Crippen LogP contribution in [0, 0.1) is 0 Å². The van der Waals surface area contributed by atoms with Gasteiger partial charge in [0.1, 0.15) is 0 Å². The number of aliphatic hydroxyl groups is 1. The van der Waals surface area contributed by atoms with Gasteiger partial charge < -0.3 is 5.11 Å². The molecule has 11 heavy (non-hydrogen) atoms. The highest BCUT2D eigenvalue weighted by Gasteiger charge is 2.69. The Labute approximate surface area is 67.7 Å². The standard InChI is InChI=1S/C3HCl2F5O/c4-2(5,8)1(6,7)3(9,10)11/h11H. The summed E-state index contributed by atoms with van der Waals surface area (Å²) in [7, 11) is 0. The van der Waals surface area contributed by atoms with E-state index < -0.39 is 16.6 Å². The molecule has 0 bridgehead atoms. The minimum absolute atomic E-state index is 4.02. The second-order valence-corrected chi connectivity index (χ2v) is 2.85. The van der Waals surface area contributed by atoms with E-state index in [1.807, 2.05) is 0 Å². The van der Waals surface area contributed by atoms with E-state index in [2.05, 4.69) is 23.2 Å². The van der Waals surface area contributed by atoms with Gasteiger partial charge in [-0.1, -0.05) is 23.2 Å². The maximum absolute atomic E-state index is 11.8. The smallest absolute Gasteiger partial charge is 0.331 e. The first-order chi connectivity index (χ1) is 4.50. The van der Waals surface area contributed by atoms with Gasteiger partial charge in [0.15, 0.2) is 0 Å². The maximum atomic E-state index is 11.8. The van der Waals surface area contributed by atoms with Crippen molar-refractivity contribution in [3.63, 3.8) is 0 Å². The van der Waals surface area contributed by atoms with Crippen molar-refractivity contribution >= 4 is 23.2 Å². The number of alkyl halides is 7. The van der Waals surface area contributed by atoms with Crippen LogP contribution < -0.4 is 0 Å². The van der Waals surface area contributed by atoms with E-state index in [4.69, 9.17) is 5.11 Å². The molecule has 0 aromatic heterocycles. The summed E-state index contributed by atoms with van der Waals surface area (Å²) < 4.78 is 53.7. The molecule has 1 nitrogen and oxygen atoms in total. The lowest BCUT2D eigenvalue weighted by Crippen LogP contribution is -2.50. The molecule has 68 valence electrons. The van der Waals surface area contributed by atoms with Crippen molar-refractivity contribution in [1.29, 1.82) is 0 Å². The zero-order valence-electron chi connectivity index (χ0n) is 4.59. The van der Waals surface area contributed by atoms with E-state index in [1.165, 1.54) is 0 Å². The molecule has 0 fully saturated rings. The molecule has 0 aliphatic rings. The number of rotatable bonds is 2. The van der Waals surface area contributed by atoms with E-state index in [0.29, 0.717) is 0 Å². The van der Waals surface area contributed by atoms with Crippen LogP contribution in [0.2, 0.25) is 0 Å². The van der Waals surface area contributed by atoms with Gasteiger partial charge in [0.2, 0.25) is 0 Å². The van der Waals surface area contributed by atoms with Gasteiger partial charge in [-0.15, -0.1) is 0 Å². The minimum atomic E-state index is -5.59. The molecule has 0 saturated carbocycles. The topological polar surface area (TPSA) is 20.2 Å². The van der Waals surface area contributed by atoms with Crippen molar-refractivity contribution in [2.45, 2.75) is 16.6 Å². The zero-order chi connectivity index (χ0) is 9.50. The summed E-state index contributed by atoms with van der Waals surface area (Å²) in [6.07, 6.45) is -5.59. The third-order valence-electron chi connectivity index (χ3n) is 0.734. The summed E-state index contributed by atoms with van der Waals surface area (Å²) in [4.78, 5) is 0. The lowest BCUT2D eigenvalue weighted by molar-refractivity contribution is -0.339.